The van der Waals surface area contributed by atoms with E-state index in [-0.39, 0.29) is 10.8 Å². The number of nitrogens with zero attached hydrogens (tertiary/aromatic N) is 2. The minimum Gasteiger partial charge on any atom is -0.308 e. The van der Waals surface area contributed by atoms with Gasteiger partial charge in [0.1, 0.15) is 0 Å². The van der Waals surface area contributed by atoms with Crippen molar-refractivity contribution in [1.82, 2.24) is 9.55 Å². The third-order valence-corrected chi connectivity index (χ3v) is 12.3. The average molecular weight is 761 g/mol. The highest BCUT2D eigenvalue weighted by molar-refractivity contribution is 6.22. The summed E-state index contributed by atoms with van der Waals surface area (Å²) in [4.78, 5) is 4.46. The molecule has 0 fully saturated rings. The van der Waals surface area contributed by atoms with Crippen LogP contribution in [0.15, 0.2) is 182 Å². The first-order chi connectivity index (χ1) is 28.5. The van der Waals surface area contributed by atoms with Crippen LogP contribution in [0.5, 0.6) is 0 Å². The fraction of sp³-hybridized carbons (Fsp3) is 0.140. The Labute approximate surface area is 347 Å². The van der Waals surface area contributed by atoms with E-state index in [2.05, 4.69) is 221 Å². The molecule has 2 nitrogen and oxygen atoms in total. The predicted octanol–water partition coefficient (Wildman–Crippen LogP) is 15.7. The van der Waals surface area contributed by atoms with Crippen molar-refractivity contribution < 1.29 is 0 Å². The van der Waals surface area contributed by atoms with Crippen LogP contribution in [0.25, 0.3) is 93.5 Å². The quantitative estimate of drug-likeness (QED) is 0.160. The van der Waals surface area contributed by atoms with Crippen LogP contribution in [0.3, 0.4) is 0 Å². The molecule has 0 N–H and O–H groups in total. The first-order valence-electron chi connectivity index (χ1n) is 20.8. The minimum absolute atomic E-state index is 0.0805. The number of fused-ring (bicyclic) bond motifs is 5. The van der Waals surface area contributed by atoms with Gasteiger partial charge in [-0.2, -0.15) is 0 Å². The zero-order valence-corrected chi connectivity index (χ0v) is 34.7. The normalized spacial score (nSPS) is 12.2. The van der Waals surface area contributed by atoms with Crippen molar-refractivity contribution in [3.8, 4) is 50.2 Å². The molecule has 2 aromatic heterocycles. The van der Waals surface area contributed by atoms with Crippen molar-refractivity contribution in [3.63, 3.8) is 0 Å². The molecule has 0 aliphatic heterocycles. The van der Waals surface area contributed by atoms with E-state index in [4.69, 9.17) is 0 Å². The molecule has 2 heterocycles. The van der Waals surface area contributed by atoms with E-state index in [0.717, 1.165) is 11.2 Å². The van der Waals surface area contributed by atoms with Gasteiger partial charge in [-0.15, -0.1) is 0 Å². The van der Waals surface area contributed by atoms with Crippen LogP contribution in [-0.4, -0.2) is 9.55 Å². The smallest absolute Gasteiger partial charge is 0.0724 e. The first kappa shape index (κ1) is 36.6. The van der Waals surface area contributed by atoms with E-state index in [1.54, 1.807) is 0 Å². The molecule has 59 heavy (non-hydrogen) atoms. The van der Waals surface area contributed by atoms with Gasteiger partial charge < -0.3 is 4.57 Å². The van der Waals surface area contributed by atoms with Crippen molar-refractivity contribution in [2.45, 2.75) is 52.4 Å². The first-order valence-corrected chi connectivity index (χ1v) is 20.8. The molecule has 0 atom stereocenters. The number of hydrogen-bond donors (Lipinski definition) is 0. The lowest BCUT2D eigenvalue weighted by atomic mass is 9.82. The van der Waals surface area contributed by atoms with E-state index in [1.807, 2.05) is 12.4 Å². The minimum atomic E-state index is 0.0805. The van der Waals surface area contributed by atoms with E-state index >= 15 is 0 Å². The Kier molecular flexibility index (Phi) is 8.65. The molecule has 10 rings (SSSR count). The fourth-order valence-electron chi connectivity index (χ4n) is 9.01. The largest absolute Gasteiger partial charge is 0.308 e. The van der Waals surface area contributed by atoms with E-state index in [9.17, 15) is 0 Å². The van der Waals surface area contributed by atoms with Crippen LogP contribution in [-0.2, 0) is 10.8 Å². The van der Waals surface area contributed by atoms with Gasteiger partial charge in [-0.25, -0.2) is 0 Å². The van der Waals surface area contributed by atoms with Crippen LogP contribution in [0.1, 0.15) is 52.7 Å². The van der Waals surface area contributed by atoms with Crippen LogP contribution in [0, 0.1) is 0 Å². The summed E-state index contributed by atoms with van der Waals surface area (Å²) in [5.74, 6) is 0. The molecular formula is C57H48N2. The molecule has 0 radical (unpaired) electrons. The average Bonchev–Trinajstić information content (AvgIpc) is 3.59. The molecular weight excluding hydrogens is 713 g/mol. The fourth-order valence-corrected chi connectivity index (χ4v) is 9.01. The topological polar surface area (TPSA) is 17.8 Å². The number of rotatable bonds is 5. The molecule has 0 saturated heterocycles. The Morgan fingerprint density at radius 2 is 0.780 bits per heavy atom. The van der Waals surface area contributed by atoms with Gasteiger partial charge in [-0.1, -0.05) is 181 Å². The summed E-state index contributed by atoms with van der Waals surface area (Å²) < 4.78 is 2.31. The second kappa shape index (κ2) is 14.0. The van der Waals surface area contributed by atoms with Crippen molar-refractivity contribution in [3.05, 3.63) is 193 Å². The number of pyridine rings is 1. The van der Waals surface area contributed by atoms with Crippen molar-refractivity contribution >= 4 is 43.4 Å². The molecule has 0 saturated carbocycles. The Morgan fingerprint density at radius 3 is 1.34 bits per heavy atom. The van der Waals surface area contributed by atoms with Gasteiger partial charge in [0.05, 0.1) is 17.2 Å². The maximum absolute atomic E-state index is 4.46. The summed E-state index contributed by atoms with van der Waals surface area (Å²) in [6, 6.07) is 63.2. The summed E-state index contributed by atoms with van der Waals surface area (Å²) in [7, 11) is 0. The molecule has 0 amide bonds. The van der Waals surface area contributed by atoms with E-state index in [1.165, 1.54) is 93.5 Å². The highest BCUT2D eigenvalue weighted by Gasteiger charge is 2.20. The zero-order valence-electron chi connectivity index (χ0n) is 34.7. The lowest BCUT2D eigenvalue weighted by Gasteiger charge is -2.22. The van der Waals surface area contributed by atoms with Crippen molar-refractivity contribution in [2.24, 2.45) is 0 Å². The molecule has 0 aliphatic rings. The summed E-state index contributed by atoms with van der Waals surface area (Å²) in [6.45, 7) is 13.7. The van der Waals surface area contributed by atoms with E-state index < -0.39 is 0 Å². The SMILES string of the molecule is CC(C)(C)c1ccc(-c2c3ccccc3c(-c3ccc(C(C)(C)C)cc3)c3cc(-c4ccc(-c5ccc(-n6c7ccccc7c7ccncc76)cc5)cc4)ccc23)cc1. The maximum atomic E-state index is 4.46. The molecule has 0 aliphatic carbocycles. The summed E-state index contributed by atoms with van der Waals surface area (Å²) in [5.41, 5.74) is 16.1. The van der Waals surface area contributed by atoms with Crippen molar-refractivity contribution in [1.29, 1.82) is 0 Å². The maximum Gasteiger partial charge on any atom is 0.0724 e. The van der Waals surface area contributed by atoms with E-state index in [0.29, 0.717) is 0 Å². The van der Waals surface area contributed by atoms with Gasteiger partial charge in [-0.3, -0.25) is 4.98 Å². The van der Waals surface area contributed by atoms with Crippen LogP contribution < -0.4 is 0 Å². The van der Waals surface area contributed by atoms with Gasteiger partial charge in [-0.05, 0) is 118 Å². The van der Waals surface area contributed by atoms with Gasteiger partial charge in [0.25, 0.3) is 0 Å². The molecule has 0 unspecified atom stereocenters. The molecule has 10 aromatic rings. The lowest BCUT2D eigenvalue weighted by Crippen LogP contribution is -2.10. The van der Waals surface area contributed by atoms with Crippen LogP contribution >= 0.6 is 0 Å². The Morgan fingerprint density at radius 1 is 0.356 bits per heavy atom. The lowest BCUT2D eigenvalue weighted by molar-refractivity contribution is 0.590. The Balaban J connectivity index is 1.07. The number of aromatic nitrogens is 2. The molecule has 0 bridgehead atoms. The Hall–Kier alpha value is -6.77. The summed E-state index contributed by atoms with van der Waals surface area (Å²) in [5, 5.41) is 7.53. The van der Waals surface area contributed by atoms with Crippen molar-refractivity contribution in [2.75, 3.05) is 0 Å². The van der Waals surface area contributed by atoms with Gasteiger partial charge in [0, 0.05) is 22.7 Å². The highest BCUT2D eigenvalue weighted by atomic mass is 15.0. The third kappa shape index (κ3) is 6.40. The standard InChI is InChI=1S/C57H48N2/c1-56(2,3)43-26-19-40(20-27-43)54-48-12-7-8-13-49(48)55(41-21-28-44(29-22-41)57(4,5)6)51-35-42(25-32-50(51)54)39-17-15-37(16-18-39)38-23-30-45(31-24-38)59-52-14-10-9-11-46(52)47-33-34-58-36-53(47)59/h7-36H,1-6H3. The molecule has 2 heteroatoms. The third-order valence-electron chi connectivity index (χ3n) is 12.3. The molecule has 8 aromatic carbocycles. The van der Waals surface area contributed by atoms with Gasteiger partial charge in [0.2, 0.25) is 0 Å². The van der Waals surface area contributed by atoms with Gasteiger partial charge >= 0.3 is 0 Å². The second-order valence-corrected chi connectivity index (χ2v) is 18.1. The van der Waals surface area contributed by atoms with Crippen LogP contribution in [0.2, 0.25) is 0 Å². The predicted molar refractivity (Wildman–Crippen MR) is 253 cm³/mol. The monoisotopic (exact) mass is 760 g/mol. The number of para-hydroxylation sites is 1. The van der Waals surface area contributed by atoms with Gasteiger partial charge in [0.15, 0.2) is 0 Å². The number of benzene rings is 8. The molecule has 286 valence electrons. The zero-order chi connectivity index (χ0) is 40.5. The Bertz CT molecular complexity index is 3120. The van der Waals surface area contributed by atoms with Crippen LogP contribution in [0.4, 0.5) is 0 Å². The molecule has 0 spiro atoms. The number of hydrogen-bond acceptors (Lipinski definition) is 1. The second-order valence-electron chi connectivity index (χ2n) is 18.1. The highest BCUT2D eigenvalue weighted by Crippen LogP contribution is 2.45. The summed E-state index contributed by atoms with van der Waals surface area (Å²) >= 11 is 0. The summed E-state index contributed by atoms with van der Waals surface area (Å²) in [6.07, 6.45) is 3.84.